The molecule has 0 radical (unpaired) electrons. The Labute approximate surface area is 141 Å². The zero-order valence-corrected chi connectivity index (χ0v) is 14.2. The second kappa shape index (κ2) is 10.4. The Hall–Kier alpha value is -2.44. The molecule has 0 aliphatic heterocycles. The van der Waals surface area contributed by atoms with Gasteiger partial charge in [0.2, 0.25) is 0 Å². The van der Waals surface area contributed by atoms with E-state index in [-0.39, 0.29) is 30.5 Å². The first kappa shape index (κ1) is 19.6. The third-order valence-corrected chi connectivity index (χ3v) is 3.71. The molecule has 0 N–H and O–H groups in total. The van der Waals surface area contributed by atoms with Crippen LogP contribution in [0.2, 0.25) is 0 Å². The van der Waals surface area contributed by atoms with Gasteiger partial charge in [0.25, 0.3) is 11.6 Å². The number of unbranched alkanes of at least 4 members (excludes halogenated alkanes) is 3. The van der Waals surface area contributed by atoms with Crippen LogP contribution in [0.15, 0.2) is 24.3 Å². The van der Waals surface area contributed by atoms with Gasteiger partial charge in [0, 0.05) is 30.8 Å². The molecule has 132 valence electrons. The highest BCUT2D eigenvalue weighted by Crippen LogP contribution is 2.14. The van der Waals surface area contributed by atoms with Crippen LogP contribution in [-0.2, 0) is 9.53 Å². The molecule has 0 spiro atoms. The molecule has 0 fully saturated rings. The average Bonchev–Trinajstić information content (AvgIpc) is 2.60. The van der Waals surface area contributed by atoms with Crippen LogP contribution in [-0.4, -0.2) is 41.9 Å². The molecule has 0 saturated heterocycles. The van der Waals surface area contributed by atoms with Crippen molar-refractivity contribution in [2.45, 2.75) is 39.0 Å². The SMILES string of the molecule is CCCCCCN(CCC(=O)OC)C(=O)c1ccc([N+](=O)[O-])cc1. The molecule has 7 nitrogen and oxygen atoms in total. The lowest BCUT2D eigenvalue weighted by molar-refractivity contribution is -0.384. The van der Waals surface area contributed by atoms with E-state index >= 15 is 0 Å². The van der Waals surface area contributed by atoms with Gasteiger partial charge in [0.1, 0.15) is 0 Å². The lowest BCUT2D eigenvalue weighted by Crippen LogP contribution is -2.34. The maximum Gasteiger partial charge on any atom is 0.307 e. The molecule has 24 heavy (non-hydrogen) atoms. The van der Waals surface area contributed by atoms with Crippen molar-refractivity contribution in [3.63, 3.8) is 0 Å². The third kappa shape index (κ3) is 6.36. The maximum atomic E-state index is 12.6. The van der Waals surface area contributed by atoms with Gasteiger partial charge < -0.3 is 9.64 Å². The van der Waals surface area contributed by atoms with Crippen molar-refractivity contribution in [3.8, 4) is 0 Å². The number of benzene rings is 1. The summed E-state index contributed by atoms with van der Waals surface area (Å²) in [6.45, 7) is 2.93. The molecule has 0 aromatic heterocycles. The second-order valence-corrected chi connectivity index (χ2v) is 5.48. The van der Waals surface area contributed by atoms with Crippen LogP contribution in [0.5, 0.6) is 0 Å². The summed E-state index contributed by atoms with van der Waals surface area (Å²) < 4.78 is 4.62. The standard InChI is InChI=1S/C17H24N2O5/c1-3-4-5-6-12-18(13-11-16(20)24-2)17(21)14-7-9-15(10-8-14)19(22)23/h7-10H,3-6,11-13H2,1-2H3. The van der Waals surface area contributed by atoms with Gasteiger partial charge >= 0.3 is 5.97 Å². The number of esters is 1. The zero-order chi connectivity index (χ0) is 17.9. The molecule has 0 unspecified atom stereocenters. The van der Waals surface area contributed by atoms with Crippen LogP contribution in [0.25, 0.3) is 0 Å². The van der Waals surface area contributed by atoms with Crippen LogP contribution >= 0.6 is 0 Å². The summed E-state index contributed by atoms with van der Waals surface area (Å²) in [6, 6.07) is 5.50. The zero-order valence-electron chi connectivity index (χ0n) is 14.2. The summed E-state index contributed by atoms with van der Waals surface area (Å²) in [6.07, 6.45) is 4.19. The molecule has 1 amide bonds. The number of methoxy groups -OCH3 is 1. The summed E-state index contributed by atoms with van der Waals surface area (Å²) in [5.41, 5.74) is 0.316. The number of nitro groups is 1. The van der Waals surface area contributed by atoms with E-state index in [4.69, 9.17) is 0 Å². The van der Waals surface area contributed by atoms with Crippen molar-refractivity contribution in [1.29, 1.82) is 0 Å². The fourth-order valence-corrected chi connectivity index (χ4v) is 2.28. The lowest BCUT2D eigenvalue weighted by Gasteiger charge is -2.22. The summed E-state index contributed by atoms with van der Waals surface area (Å²) in [7, 11) is 1.31. The summed E-state index contributed by atoms with van der Waals surface area (Å²) in [5, 5.41) is 10.7. The van der Waals surface area contributed by atoms with Crippen molar-refractivity contribution in [1.82, 2.24) is 4.90 Å². The van der Waals surface area contributed by atoms with Gasteiger partial charge in [0.05, 0.1) is 18.5 Å². The minimum absolute atomic E-state index is 0.0596. The largest absolute Gasteiger partial charge is 0.469 e. The molecule has 1 aromatic carbocycles. The number of nitro benzene ring substituents is 1. The molecular formula is C17H24N2O5. The Bertz CT molecular complexity index is 557. The van der Waals surface area contributed by atoms with E-state index in [2.05, 4.69) is 11.7 Å². The third-order valence-electron chi connectivity index (χ3n) is 3.71. The Morgan fingerprint density at radius 3 is 2.33 bits per heavy atom. The van der Waals surface area contributed by atoms with Gasteiger partial charge in [-0.3, -0.25) is 19.7 Å². The maximum absolute atomic E-state index is 12.6. The smallest absolute Gasteiger partial charge is 0.307 e. The Morgan fingerprint density at radius 1 is 1.12 bits per heavy atom. The van der Waals surface area contributed by atoms with Crippen molar-refractivity contribution < 1.29 is 19.2 Å². The average molecular weight is 336 g/mol. The van der Waals surface area contributed by atoms with Gasteiger partial charge in [-0.2, -0.15) is 0 Å². The number of hydrogen-bond donors (Lipinski definition) is 0. The molecule has 0 aliphatic rings. The van der Waals surface area contributed by atoms with Crippen LogP contribution in [0.3, 0.4) is 0 Å². The number of amides is 1. The van der Waals surface area contributed by atoms with Gasteiger partial charge in [-0.25, -0.2) is 0 Å². The normalized spacial score (nSPS) is 10.2. The minimum Gasteiger partial charge on any atom is -0.469 e. The molecule has 0 atom stereocenters. The molecule has 1 aromatic rings. The first-order valence-corrected chi connectivity index (χ1v) is 8.10. The summed E-state index contributed by atoms with van der Waals surface area (Å²) in [5.74, 6) is -0.602. The number of ether oxygens (including phenoxy) is 1. The number of hydrogen-bond acceptors (Lipinski definition) is 5. The first-order chi connectivity index (χ1) is 11.5. The van der Waals surface area contributed by atoms with Crippen molar-refractivity contribution in [2.24, 2.45) is 0 Å². The van der Waals surface area contributed by atoms with E-state index in [0.717, 1.165) is 25.7 Å². The van der Waals surface area contributed by atoms with Crippen LogP contribution in [0.1, 0.15) is 49.4 Å². The van der Waals surface area contributed by atoms with Gasteiger partial charge in [-0.15, -0.1) is 0 Å². The summed E-state index contributed by atoms with van der Waals surface area (Å²) in [4.78, 5) is 35.7. The molecule has 0 aliphatic carbocycles. The fourth-order valence-electron chi connectivity index (χ4n) is 2.28. The predicted octanol–water partition coefficient (Wildman–Crippen LogP) is 3.18. The van der Waals surface area contributed by atoms with E-state index in [1.54, 1.807) is 4.90 Å². The Kier molecular flexibility index (Phi) is 8.46. The highest BCUT2D eigenvalue weighted by Gasteiger charge is 2.18. The van der Waals surface area contributed by atoms with Crippen LogP contribution in [0, 0.1) is 10.1 Å². The number of carbonyl (C=O) groups is 2. The molecule has 1 rings (SSSR count). The van der Waals surface area contributed by atoms with E-state index in [1.807, 2.05) is 0 Å². The van der Waals surface area contributed by atoms with Crippen molar-refractivity contribution in [3.05, 3.63) is 39.9 Å². The number of carbonyl (C=O) groups excluding carboxylic acids is 2. The fraction of sp³-hybridized carbons (Fsp3) is 0.529. The molecular weight excluding hydrogens is 312 g/mol. The first-order valence-electron chi connectivity index (χ1n) is 8.10. The molecule has 0 saturated carbocycles. The van der Waals surface area contributed by atoms with E-state index in [1.165, 1.54) is 31.4 Å². The number of rotatable bonds is 10. The predicted molar refractivity (Wildman–Crippen MR) is 89.8 cm³/mol. The Morgan fingerprint density at radius 2 is 1.79 bits per heavy atom. The number of non-ortho nitro benzene ring substituents is 1. The van der Waals surface area contributed by atoms with E-state index < -0.39 is 4.92 Å². The van der Waals surface area contributed by atoms with Crippen molar-refractivity contribution >= 4 is 17.6 Å². The second-order valence-electron chi connectivity index (χ2n) is 5.48. The van der Waals surface area contributed by atoms with Crippen LogP contribution < -0.4 is 0 Å². The number of nitrogens with zero attached hydrogens (tertiary/aromatic N) is 2. The lowest BCUT2D eigenvalue weighted by atomic mass is 10.1. The van der Waals surface area contributed by atoms with Crippen molar-refractivity contribution in [2.75, 3.05) is 20.2 Å². The quantitative estimate of drug-likeness (QED) is 0.283. The minimum atomic E-state index is -0.506. The molecule has 0 heterocycles. The van der Waals surface area contributed by atoms with Crippen LogP contribution in [0.4, 0.5) is 5.69 Å². The highest BCUT2D eigenvalue weighted by molar-refractivity contribution is 5.94. The van der Waals surface area contributed by atoms with Gasteiger partial charge in [-0.1, -0.05) is 26.2 Å². The van der Waals surface area contributed by atoms with Gasteiger partial charge in [0.15, 0.2) is 0 Å². The molecule has 7 heteroatoms. The monoisotopic (exact) mass is 336 g/mol. The molecule has 0 bridgehead atoms. The summed E-state index contributed by atoms with van der Waals surface area (Å²) >= 11 is 0. The van der Waals surface area contributed by atoms with Gasteiger partial charge in [-0.05, 0) is 18.6 Å². The Balaban J connectivity index is 2.76. The highest BCUT2D eigenvalue weighted by atomic mass is 16.6. The van der Waals surface area contributed by atoms with E-state index in [9.17, 15) is 19.7 Å². The topological polar surface area (TPSA) is 89.8 Å². The van der Waals surface area contributed by atoms with E-state index in [0.29, 0.717) is 12.1 Å².